The SMILES string of the molecule is COc1c(C)c(O)c2c(c1O)C1COC3[C@@H]4C[C@H]5C(N4)C(C2N2CCOC52)N13. The van der Waals surface area contributed by atoms with Crippen LogP contribution in [0.2, 0.25) is 0 Å². The quantitative estimate of drug-likeness (QED) is 0.603. The van der Waals surface area contributed by atoms with E-state index in [-0.39, 0.29) is 48.1 Å². The Balaban J connectivity index is 1.54. The van der Waals surface area contributed by atoms with Gasteiger partial charge in [-0.15, -0.1) is 0 Å². The van der Waals surface area contributed by atoms with Crippen molar-refractivity contribution in [3.63, 3.8) is 0 Å². The summed E-state index contributed by atoms with van der Waals surface area (Å²) in [5.41, 5.74) is 2.20. The lowest BCUT2D eigenvalue weighted by Gasteiger charge is -2.57. The number of ether oxygens (including phenoxy) is 3. The maximum Gasteiger partial charge on any atom is 0.167 e. The van der Waals surface area contributed by atoms with Gasteiger partial charge in [0.15, 0.2) is 11.5 Å². The zero-order valence-corrected chi connectivity index (χ0v) is 16.0. The van der Waals surface area contributed by atoms with Gasteiger partial charge in [0, 0.05) is 47.3 Å². The smallest absolute Gasteiger partial charge is 0.167 e. The summed E-state index contributed by atoms with van der Waals surface area (Å²) in [6.45, 7) is 3.88. The molecule has 0 aliphatic carbocycles. The fourth-order valence-corrected chi connectivity index (χ4v) is 7.19. The predicted molar refractivity (Wildman–Crippen MR) is 97.2 cm³/mol. The number of aromatic hydroxyl groups is 2. The Morgan fingerprint density at radius 1 is 1.14 bits per heavy atom. The monoisotopic (exact) mass is 387 g/mol. The van der Waals surface area contributed by atoms with Gasteiger partial charge in [-0.05, 0) is 13.3 Å². The molecule has 150 valence electrons. The fourth-order valence-electron chi connectivity index (χ4n) is 7.19. The van der Waals surface area contributed by atoms with Crippen molar-refractivity contribution in [2.45, 2.75) is 56.0 Å². The van der Waals surface area contributed by atoms with Crippen molar-refractivity contribution in [2.24, 2.45) is 5.92 Å². The van der Waals surface area contributed by atoms with Crippen molar-refractivity contribution in [3.8, 4) is 17.2 Å². The van der Waals surface area contributed by atoms with Crippen LogP contribution < -0.4 is 10.1 Å². The summed E-state index contributed by atoms with van der Waals surface area (Å²) in [6, 6.07) is 0.696. The van der Waals surface area contributed by atoms with Gasteiger partial charge in [-0.3, -0.25) is 9.80 Å². The van der Waals surface area contributed by atoms with Crippen molar-refractivity contribution >= 4 is 0 Å². The second kappa shape index (κ2) is 5.12. The number of hydrogen-bond donors (Lipinski definition) is 3. The number of nitrogens with one attached hydrogen (secondary N) is 1. The summed E-state index contributed by atoms with van der Waals surface area (Å²) in [5, 5.41) is 26.3. The molecule has 0 amide bonds. The molecule has 0 aromatic heterocycles. The van der Waals surface area contributed by atoms with E-state index in [1.807, 2.05) is 6.92 Å². The standard InChI is InChI=1S/C20H25N3O5/c1-7-16(24)12-11(17(25)18(7)26-2)10-6-28-20-9-5-8-13(21-9)15(23(10)20)14(12)22-3-4-27-19(8)22/h8-10,13-15,19-21,24-25H,3-6H2,1-2H3/t8-,9-,10?,13?,14?,15?,19?,20?/m0/s1. The Bertz CT molecular complexity index is 893. The topological polar surface area (TPSA) is 86.7 Å². The molecular formula is C20H25N3O5. The Morgan fingerprint density at radius 3 is 2.82 bits per heavy atom. The molecule has 6 unspecified atom stereocenters. The molecule has 2 bridgehead atoms. The number of piperazine rings is 1. The molecule has 5 saturated heterocycles. The molecule has 6 aliphatic rings. The fraction of sp³-hybridized carbons (Fsp3) is 0.700. The summed E-state index contributed by atoms with van der Waals surface area (Å²) in [4.78, 5) is 4.89. The highest BCUT2D eigenvalue weighted by molar-refractivity contribution is 5.65. The van der Waals surface area contributed by atoms with Crippen LogP contribution in [0.3, 0.4) is 0 Å². The Kier molecular flexibility index (Phi) is 2.97. The van der Waals surface area contributed by atoms with Gasteiger partial charge in [0.2, 0.25) is 0 Å². The molecule has 0 radical (unpaired) electrons. The summed E-state index contributed by atoms with van der Waals surface area (Å²) < 4.78 is 17.9. The molecule has 5 fully saturated rings. The lowest BCUT2D eigenvalue weighted by Crippen LogP contribution is -2.71. The molecule has 8 nitrogen and oxygen atoms in total. The average molecular weight is 387 g/mol. The summed E-state index contributed by atoms with van der Waals surface area (Å²) >= 11 is 0. The highest BCUT2D eigenvalue weighted by Crippen LogP contribution is 2.62. The second-order valence-corrected chi connectivity index (χ2v) is 9.00. The number of methoxy groups -OCH3 is 1. The van der Waals surface area contributed by atoms with Crippen LogP contribution in [0.1, 0.15) is 35.2 Å². The molecule has 28 heavy (non-hydrogen) atoms. The number of benzene rings is 1. The molecule has 8 atom stereocenters. The van der Waals surface area contributed by atoms with Gasteiger partial charge in [0.05, 0.1) is 32.4 Å². The van der Waals surface area contributed by atoms with Gasteiger partial charge in [-0.25, -0.2) is 0 Å². The molecule has 0 spiro atoms. The zero-order valence-electron chi connectivity index (χ0n) is 16.0. The van der Waals surface area contributed by atoms with E-state index >= 15 is 0 Å². The van der Waals surface area contributed by atoms with Crippen LogP contribution in [0, 0.1) is 12.8 Å². The largest absolute Gasteiger partial charge is 0.507 e. The first kappa shape index (κ1) is 16.2. The Hall–Kier alpha value is -1.58. The Morgan fingerprint density at radius 2 is 2.00 bits per heavy atom. The van der Waals surface area contributed by atoms with Gasteiger partial charge in [-0.1, -0.05) is 0 Å². The third-order valence-electron chi connectivity index (χ3n) is 8.09. The first-order valence-electron chi connectivity index (χ1n) is 10.3. The van der Waals surface area contributed by atoms with Gasteiger partial charge >= 0.3 is 0 Å². The van der Waals surface area contributed by atoms with E-state index in [1.165, 1.54) is 7.11 Å². The highest BCUT2D eigenvalue weighted by atomic mass is 16.5. The third kappa shape index (κ3) is 1.60. The van der Waals surface area contributed by atoms with Crippen LogP contribution in [-0.4, -0.2) is 77.5 Å². The first-order chi connectivity index (χ1) is 13.6. The number of rotatable bonds is 1. The minimum absolute atomic E-state index is 0.000711. The average Bonchev–Trinajstić information content (AvgIpc) is 3.40. The molecule has 3 N–H and O–H groups in total. The molecular weight excluding hydrogens is 362 g/mol. The minimum Gasteiger partial charge on any atom is -0.507 e. The number of nitrogens with zero attached hydrogens (tertiary/aromatic N) is 2. The molecule has 8 heteroatoms. The van der Waals surface area contributed by atoms with Gasteiger partial charge in [0.25, 0.3) is 0 Å². The van der Waals surface area contributed by atoms with Crippen LogP contribution in [0.4, 0.5) is 0 Å². The van der Waals surface area contributed by atoms with Crippen LogP contribution in [0.15, 0.2) is 0 Å². The van der Waals surface area contributed by atoms with Crippen molar-refractivity contribution in [1.29, 1.82) is 0 Å². The van der Waals surface area contributed by atoms with E-state index in [4.69, 9.17) is 14.2 Å². The molecule has 1 aromatic carbocycles. The predicted octanol–water partition coefficient (Wildman–Crippen LogP) is 0.570. The summed E-state index contributed by atoms with van der Waals surface area (Å²) in [5.74, 6) is 1.17. The molecule has 6 aliphatic heterocycles. The van der Waals surface area contributed by atoms with Crippen molar-refractivity contribution in [2.75, 3.05) is 26.9 Å². The van der Waals surface area contributed by atoms with E-state index in [1.54, 1.807) is 0 Å². The van der Waals surface area contributed by atoms with E-state index in [9.17, 15) is 10.2 Å². The highest BCUT2D eigenvalue weighted by Gasteiger charge is 2.67. The van der Waals surface area contributed by atoms with Crippen molar-refractivity contribution < 1.29 is 24.4 Å². The van der Waals surface area contributed by atoms with Crippen molar-refractivity contribution in [1.82, 2.24) is 15.1 Å². The van der Waals surface area contributed by atoms with E-state index in [0.717, 1.165) is 24.1 Å². The number of hydrogen-bond acceptors (Lipinski definition) is 8. The second-order valence-electron chi connectivity index (χ2n) is 9.00. The van der Waals surface area contributed by atoms with E-state index < -0.39 is 0 Å². The van der Waals surface area contributed by atoms with Crippen molar-refractivity contribution in [3.05, 3.63) is 16.7 Å². The number of fused-ring (bicyclic) bond motifs is 8. The van der Waals surface area contributed by atoms with Crippen LogP contribution in [0.25, 0.3) is 0 Å². The van der Waals surface area contributed by atoms with E-state index in [0.29, 0.717) is 36.5 Å². The zero-order chi connectivity index (χ0) is 18.9. The number of phenolic OH excluding ortho intramolecular Hbond substituents is 2. The van der Waals surface area contributed by atoms with E-state index in [2.05, 4.69) is 15.1 Å². The number of phenols is 2. The lowest BCUT2D eigenvalue weighted by molar-refractivity contribution is -0.132. The van der Waals surface area contributed by atoms with Gasteiger partial charge in [0.1, 0.15) is 18.2 Å². The molecule has 0 saturated carbocycles. The normalized spacial score (nSPS) is 45.2. The van der Waals surface area contributed by atoms with Gasteiger partial charge in [-0.2, -0.15) is 0 Å². The first-order valence-corrected chi connectivity index (χ1v) is 10.3. The van der Waals surface area contributed by atoms with Crippen LogP contribution in [0.5, 0.6) is 17.2 Å². The molecule has 6 heterocycles. The Labute approximate surface area is 163 Å². The van der Waals surface area contributed by atoms with Gasteiger partial charge < -0.3 is 29.7 Å². The lowest BCUT2D eigenvalue weighted by atomic mass is 9.73. The molecule has 7 rings (SSSR count). The van der Waals surface area contributed by atoms with Crippen LogP contribution in [-0.2, 0) is 9.47 Å². The summed E-state index contributed by atoms with van der Waals surface area (Å²) in [7, 11) is 1.54. The maximum atomic E-state index is 11.3. The number of piperidine rings is 1. The third-order valence-corrected chi connectivity index (χ3v) is 8.09. The summed E-state index contributed by atoms with van der Waals surface area (Å²) in [6.07, 6.45) is 1.09. The maximum absolute atomic E-state index is 11.3. The van der Waals surface area contributed by atoms with Crippen LogP contribution >= 0.6 is 0 Å². The molecule has 1 aromatic rings. The minimum atomic E-state index is -0.0624.